The average Bonchev–Trinajstić information content (AvgIpc) is 2.64. The molecule has 16 heavy (non-hydrogen) atoms. The van der Waals surface area contributed by atoms with Crippen molar-refractivity contribution < 1.29 is 9.47 Å². The summed E-state index contributed by atoms with van der Waals surface area (Å²) in [6.45, 7) is 8.03. The molecule has 0 bridgehead atoms. The SMILES string of the molecule is CC1CN(CC2CCC(CN)O2)CC(C)O1. The molecule has 2 saturated heterocycles. The highest BCUT2D eigenvalue weighted by Gasteiger charge is 2.29. The van der Waals surface area contributed by atoms with Gasteiger partial charge in [-0.15, -0.1) is 0 Å². The summed E-state index contributed by atoms with van der Waals surface area (Å²) in [5.74, 6) is 0. The molecule has 0 aromatic carbocycles. The Labute approximate surface area is 98.1 Å². The summed E-state index contributed by atoms with van der Waals surface area (Å²) < 4.78 is 11.6. The molecule has 0 aromatic heterocycles. The van der Waals surface area contributed by atoms with Crippen molar-refractivity contribution >= 4 is 0 Å². The van der Waals surface area contributed by atoms with Crippen LogP contribution in [0.1, 0.15) is 26.7 Å². The monoisotopic (exact) mass is 228 g/mol. The molecule has 0 spiro atoms. The summed E-state index contributed by atoms with van der Waals surface area (Å²) in [7, 11) is 0. The van der Waals surface area contributed by atoms with Crippen molar-refractivity contribution in [3.05, 3.63) is 0 Å². The lowest BCUT2D eigenvalue weighted by Crippen LogP contribution is -2.48. The van der Waals surface area contributed by atoms with Gasteiger partial charge >= 0.3 is 0 Å². The molecule has 2 fully saturated rings. The Morgan fingerprint density at radius 1 is 1.06 bits per heavy atom. The van der Waals surface area contributed by atoms with Gasteiger partial charge in [-0.1, -0.05) is 0 Å². The van der Waals surface area contributed by atoms with E-state index in [1.807, 2.05) is 0 Å². The fraction of sp³-hybridized carbons (Fsp3) is 1.00. The van der Waals surface area contributed by atoms with Gasteiger partial charge in [0.2, 0.25) is 0 Å². The van der Waals surface area contributed by atoms with E-state index >= 15 is 0 Å². The van der Waals surface area contributed by atoms with Crippen LogP contribution in [-0.2, 0) is 9.47 Å². The molecule has 4 unspecified atom stereocenters. The second kappa shape index (κ2) is 5.45. The number of hydrogen-bond donors (Lipinski definition) is 1. The zero-order chi connectivity index (χ0) is 11.5. The molecular formula is C12H24N2O2. The van der Waals surface area contributed by atoms with E-state index in [0.717, 1.165) is 32.5 Å². The van der Waals surface area contributed by atoms with Crippen molar-refractivity contribution in [2.45, 2.75) is 51.1 Å². The highest BCUT2D eigenvalue weighted by atomic mass is 16.5. The van der Waals surface area contributed by atoms with Gasteiger partial charge in [-0.05, 0) is 26.7 Å². The molecule has 0 aliphatic carbocycles. The first-order chi connectivity index (χ1) is 7.67. The molecule has 2 aliphatic heterocycles. The average molecular weight is 228 g/mol. The second-order valence-electron chi connectivity index (χ2n) is 5.17. The molecule has 4 heteroatoms. The molecule has 4 atom stereocenters. The standard InChI is InChI=1S/C12H24N2O2/c1-9-6-14(7-10(2)15-9)8-12-4-3-11(5-13)16-12/h9-12H,3-8,13H2,1-2H3. The van der Waals surface area contributed by atoms with Crippen LogP contribution in [0, 0.1) is 0 Å². The largest absolute Gasteiger partial charge is 0.373 e. The van der Waals surface area contributed by atoms with E-state index in [4.69, 9.17) is 15.2 Å². The van der Waals surface area contributed by atoms with Gasteiger partial charge in [-0.3, -0.25) is 4.90 Å². The van der Waals surface area contributed by atoms with Crippen LogP contribution in [0.3, 0.4) is 0 Å². The van der Waals surface area contributed by atoms with Gasteiger partial charge in [0.1, 0.15) is 0 Å². The molecule has 2 rings (SSSR count). The lowest BCUT2D eigenvalue weighted by molar-refractivity contribution is -0.0809. The number of morpholine rings is 1. The topological polar surface area (TPSA) is 47.7 Å². The van der Waals surface area contributed by atoms with E-state index in [-0.39, 0.29) is 0 Å². The second-order valence-corrected chi connectivity index (χ2v) is 5.17. The minimum atomic E-state index is 0.292. The maximum absolute atomic E-state index is 5.88. The van der Waals surface area contributed by atoms with E-state index in [1.165, 1.54) is 0 Å². The van der Waals surface area contributed by atoms with Crippen LogP contribution in [0.2, 0.25) is 0 Å². The maximum atomic E-state index is 5.88. The first-order valence-corrected chi connectivity index (χ1v) is 6.40. The summed E-state index contributed by atoms with van der Waals surface area (Å²) in [6.07, 6.45) is 3.64. The number of ether oxygens (including phenoxy) is 2. The van der Waals surface area contributed by atoms with Crippen molar-refractivity contribution in [2.24, 2.45) is 5.73 Å². The van der Waals surface area contributed by atoms with Crippen molar-refractivity contribution in [3.8, 4) is 0 Å². The van der Waals surface area contributed by atoms with Crippen molar-refractivity contribution in [1.82, 2.24) is 4.90 Å². The van der Waals surface area contributed by atoms with Crippen molar-refractivity contribution in [1.29, 1.82) is 0 Å². The van der Waals surface area contributed by atoms with Gasteiger partial charge in [0.05, 0.1) is 24.4 Å². The van der Waals surface area contributed by atoms with E-state index in [1.54, 1.807) is 0 Å². The third-order valence-corrected chi connectivity index (χ3v) is 3.42. The zero-order valence-corrected chi connectivity index (χ0v) is 10.4. The first kappa shape index (κ1) is 12.3. The Balaban J connectivity index is 1.77. The predicted molar refractivity (Wildman–Crippen MR) is 63.4 cm³/mol. The molecule has 0 saturated carbocycles. The van der Waals surface area contributed by atoms with Crippen LogP contribution < -0.4 is 5.73 Å². The molecule has 2 aliphatic rings. The molecule has 2 heterocycles. The highest BCUT2D eigenvalue weighted by molar-refractivity contribution is 4.80. The molecular weight excluding hydrogens is 204 g/mol. The third-order valence-electron chi connectivity index (χ3n) is 3.42. The quantitative estimate of drug-likeness (QED) is 0.768. The molecule has 94 valence electrons. The van der Waals surface area contributed by atoms with Gasteiger partial charge < -0.3 is 15.2 Å². The molecule has 4 nitrogen and oxygen atoms in total. The van der Waals surface area contributed by atoms with Gasteiger partial charge in [-0.2, -0.15) is 0 Å². The number of rotatable bonds is 3. The Morgan fingerprint density at radius 2 is 1.69 bits per heavy atom. The Bertz CT molecular complexity index is 215. The van der Waals surface area contributed by atoms with Crippen molar-refractivity contribution in [3.63, 3.8) is 0 Å². The summed E-state index contributed by atoms with van der Waals surface area (Å²) in [5.41, 5.74) is 5.61. The summed E-state index contributed by atoms with van der Waals surface area (Å²) in [5, 5.41) is 0. The lowest BCUT2D eigenvalue weighted by Gasteiger charge is -2.36. The number of nitrogens with zero attached hydrogens (tertiary/aromatic N) is 1. The van der Waals surface area contributed by atoms with Crippen LogP contribution >= 0.6 is 0 Å². The predicted octanol–water partition coefficient (Wildman–Crippen LogP) is 0.602. The minimum absolute atomic E-state index is 0.292. The van der Waals surface area contributed by atoms with Gasteiger partial charge in [0.15, 0.2) is 0 Å². The van der Waals surface area contributed by atoms with Crippen LogP contribution in [0.5, 0.6) is 0 Å². The molecule has 2 N–H and O–H groups in total. The van der Waals surface area contributed by atoms with E-state index in [0.29, 0.717) is 31.0 Å². The van der Waals surface area contributed by atoms with Gasteiger partial charge in [0.25, 0.3) is 0 Å². The summed E-state index contributed by atoms with van der Waals surface area (Å²) in [6, 6.07) is 0. The maximum Gasteiger partial charge on any atom is 0.0707 e. The van der Waals surface area contributed by atoms with Crippen LogP contribution in [0.15, 0.2) is 0 Å². The summed E-state index contributed by atoms with van der Waals surface area (Å²) >= 11 is 0. The Morgan fingerprint density at radius 3 is 2.25 bits per heavy atom. The smallest absolute Gasteiger partial charge is 0.0707 e. The Kier molecular flexibility index (Phi) is 4.19. The van der Waals surface area contributed by atoms with E-state index in [2.05, 4.69) is 18.7 Å². The van der Waals surface area contributed by atoms with Crippen molar-refractivity contribution in [2.75, 3.05) is 26.2 Å². The zero-order valence-electron chi connectivity index (χ0n) is 10.4. The van der Waals surface area contributed by atoms with Crippen LogP contribution in [0.4, 0.5) is 0 Å². The normalized spacial score (nSPS) is 41.4. The molecule has 0 amide bonds. The van der Waals surface area contributed by atoms with E-state index < -0.39 is 0 Å². The summed E-state index contributed by atoms with van der Waals surface area (Å²) in [4.78, 5) is 2.46. The number of hydrogen-bond acceptors (Lipinski definition) is 4. The van der Waals surface area contributed by atoms with Gasteiger partial charge in [0, 0.05) is 26.2 Å². The highest BCUT2D eigenvalue weighted by Crippen LogP contribution is 2.21. The fourth-order valence-corrected chi connectivity index (χ4v) is 2.81. The van der Waals surface area contributed by atoms with Crippen LogP contribution in [-0.4, -0.2) is 55.5 Å². The molecule has 0 aromatic rings. The van der Waals surface area contributed by atoms with Crippen LogP contribution in [0.25, 0.3) is 0 Å². The first-order valence-electron chi connectivity index (χ1n) is 6.40. The minimum Gasteiger partial charge on any atom is -0.373 e. The van der Waals surface area contributed by atoms with E-state index in [9.17, 15) is 0 Å². The molecule has 0 radical (unpaired) electrons. The van der Waals surface area contributed by atoms with Gasteiger partial charge in [-0.25, -0.2) is 0 Å². The fourth-order valence-electron chi connectivity index (χ4n) is 2.81. The third kappa shape index (κ3) is 3.17. The number of nitrogens with two attached hydrogens (primary N) is 1. The Hall–Kier alpha value is -0.160. The lowest BCUT2D eigenvalue weighted by atomic mass is 10.1.